The van der Waals surface area contributed by atoms with Gasteiger partial charge in [-0.3, -0.25) is 0 Å². The lowest BCUT2D eigenvalue weighted by atomic mass is 10.3. The molecule has 2 aromatic rings. The van der Waals surface area contributed by atoms with Crippen LogP contribution in [0, 0.1) is 5.82 Å². The zero-order valence-corrected chi connectivity index (χ0v) is 9.39. The second kappa shape index (κ2) is 4.08. The van der Waals surface area contributed by atoms with Crippen LogP contribution in [0.4, 0.5) is 4.39 Å². The first-order valence-corrected chi connectivity index (χ1v) is 6.02. The van der Waals surface area contributed by atoms with Gasteiger partial charge in [0.1, 0.15) is 10.8 Å². The second-order valence-electron chi connectivity index (χ2n) is 3.75. The number of nitrogens with zero attached hydrogens (tertiary/aromatic N) is 1. The number of fused-ring (bicyclic) bond motifs is 1. The van der Waals surface area contributed by atoms with Crippen molar-refractivity contribution in [2.75, 3.05) is 19.8 Å². The minimum Gasteiger partial charge on any atom is -0.378 e. The van der Waals surface area contributed by atoms with Crippen LogP contribution in [0.5, 0.6) is 0 Å². The van der Waals surface area contributed by atoms with E-state index in [1.54, 1.807) is 6.07 Å². The highest BCUT2D eigenvalue weighted by molar-refractivity contribution is 7.18. The maximum atomic E-state index is 13.0. The van der Waals surface area contributed by atoms with Crippen LogP contribution in [-0.2, 0) is 4.74 Å². The van der Waals surface area contributed by atoms with Crippen molar-refractivity contribution >= 4 is 21.6 Å². The molecule has 1 aliphatic rings. The largest absolute Gasteiger partial charge is 0.378 e. The molecule has 3 rings (SSSR count). The molecule has 0 amide bonds. The summed E-state index contributed by atoms with van der Waals surface area (Å²) in [4.78, 5) is 4.49. The highest BCUT2D eigenvalue weighted by Crippen LogP contribution is 2.27. The number of thiazole rings is 1. The van der Waals surface area contributed by atoms with Crippen molar-refractivity contribution in [2.45, 2.75) is 6.04 Å². The van der Waals surface area contributed by atoms with Gasteiger partial charge in [0.15, 0.2) is 0 Å². The van der Waals surface area contributed by atoms with Gasteiger partial charge in [-0.1, -0.05) is 0 Å². The minimum atomic E-state index is -0.212. The lowest BCUT2D eigenvalue weighted by Crippen LogP contribution is -2.34. The lowest BCUT2D eigenvalue weighted by Gasteiger charge is -2.21. The summed E-state index contributed by atoms with van der Waals surface area (Å²) in [5.74, 6) is -0.212. The van der Waals surface area contributed by atoms with E-state index in [9.17, 15) is 4.39 Å². The average Bonchev–Trinajstić information content (AvgIpc) is 2.73. The van der Waals surface area contributed by atoms with Crippen molar-refractivity contribution in [1.29, 1.82) is 0 Å². The first-order chi connectivity index (χ1) is 7.83. The third-order valence-electron chi connectivity index (χ3n) is 2.59. The molecule has 1 aliphatic heterocycles. The maximum Gasteiger partial charge on any atom is 0.124 e. The fourth-order valence-electron chi connectivity index (χ4n) is 1.79. The zero-order chi connectivity index (χ0) is 11.0. The molecule has 0 bridgehead atoms. The van der Waals surface area contributed by atoms with E-state index in [0.717, 1.165) is 28.4 Å². The average molecular weight is 238 g/mol. The van der Waals surface area contributed by atoms with E-state index in [0.29, 0.717) is 6.61 Å². The Labute approximate surface area is 96.3 Å². The molecule has 3 nitrogen and oxygen atoms in total. The van der Waals surface area contributed by atoms with Gasteiger partial charge in [-0.25, -0.2) is 9.37 Å². The summed E-state index contributed by atoms with van der Waals surface area (Å²) in [5.41, 5.74) is 0.855. The maximum absolute atomic E-state index is 13.0. The molecular formula is C11H11FN2OS. The zero-order valence-electron chi connectivity index (χ0n) is 8.57. The predicted molar refractivity (Wildman–Crippen MR) is 61.1 cm³/mol. The van der Waals surface area contributed by atoms with Crippen molar-refractivity contribution in [3.63, 3.8) is 0 Å². The number of morpholine rings is 1. The summed E-state index contributed by atoms with van der Waals surface area (Å²) in [6.45, 7) is 2.23. The van der Waals surface area contributed by atoms with E-state index in [-0.39, 0.29) is 11.9 Å². The van der Waals surface area contributed by atoms with Gasteiger partial charge in [0.2, 0.25) is 0 Å². The Morgan fingerprint density at radius 3 is 3.25 bits per heavy atom. The van der Waals surface area contributed by atoms with E-state index >= 15 is 0 Å². The molecule has 1 unspecified atom stereocenters. The van der Waals surface area contributed by atoms with Crippen LogP contribution in [0.1, 0.15) is 11.0 Å². The molecule has 16 heavy (non-hydrogen) atoms. The predicted octanol–water partition coefficient (Wildman–Crippen LogP) is 2.10. The number of rotatable bonds is 1. The fourth-order valence-corrected chi connectivity index (χ4v) is 2.84. The Kier molecular flexibility index (Phi) is 2.59. The van der Waals surface area contributed by atoms with Crippen molar-refractivity contribution in [2.24, 2.45) is 0 Å². The molecule has 1 N–H and O–H groups in total. The van der Waals surface area contributed by atoms with Crippen LogP contribution < -0.4 is 5.32 Å². The van der Waals surface area contributed by atoms with Gasteiger partial charge in [0.05, 0.1) is 29.5 Å². The third-order valence-corrected chi connectivity index (χ3v) is 3.72. The molecule has 1 saturated heterocycles. The Balaban J connectivity index is 1.97. The smallest absolute Gasteiger partial charge is 0.124 e. The minimum absolute atomic E-state index is 0.147. The fraction of sp³-hybridized carbons (Fsp3) is 0.364. The summed E-state index contributed by atoms with van der Waals surface area (Å²) in [6, 6.07) is 4.83. The molecule has 0 saturated carbocycles. The highest BCUT2D eigenvalue weighted by Gasteiger charge is 2.19. The molecule has 0 radical (unpaired) electrons. The molecule has 1 aromatic heterocycles. The van der Waals surface area contributed by atoms with Crippen molar-refractivity contribution < 1.29 is 9.13 Å². The summed E-state index contributed by atoms with van der Waals surface area (Å²) in [6.07, 6.45) is 0. The molecule has 0 spiro atoms. The third kappa shape index (κ3) is 1.81. The van der Waals surface area contributed by atoms with E-state index in [4.69, 9.17) is 4.74 Å². The first kappa shape index (κ1) is 10.1. The summed E-state index contributed by atoms with van der Waals surface area (Å²) >= 11 is 1.52. The van der Waals surface area contributed by atoms with E-state index in [1.165, 1.54) is 23.5 Å². The molecular weight excluding hydrogens is 227 g/mol. The summed E-state index contributed by atoms with van der Waals surface area (Å²) in [7, 11) is 0. The molecule has 1 atom stereocenters. The molecule has 2 heterocycles. The number of aromatic nitrogens is 1. The number of nitrogens with one attached hydrogen (secondary N) is 1. The van der Waals surface area contributed by atoms with Crippen LogP contribution in [0.25, 0.3) is 10.2 Å². The van der Waals surface area contributed by atoms with Gasteiger partial charge >= 0.3 is 0 Å². The second-order valence-corrected chi connectivity index (χ2v) is 4.81. The number of hydrogen-bond donors (Lipinski definition) is 1. The lowest BCUT2D eigenvalue weighted by molar-refractivity contribution is 0.0768. The standard InChI is InChI=1S/C11H11FN2OS/c12-7-1-2-8-10(5-7)16-11(14-8)9-6-15-4-3-13-9/h1-2,5,9,13H,3-4,6H2. The van der Waals surface area contributed by atoms with Crippen LogP contribution in [0.2, 0.25) is 0 Å². The normalized spacial score (nSPS) is 21.4. The van der Waals surface area contributed by atoms with E-state index < -0.39 is 0 Å². The Bertz CT molecular complexity index is 508. The highest BCUT2D eigenvalue weighted by atomic mass is 32.1. The summed E-state index contributed by atoms with van der Waals surface area (Å²) < 4.78 is 19.3. The van der Waals surface area contributed by atoms with Crippen LogP contribution in [-0.4, -0.2) is 24.7 Å². The molecule has 1 fully saturated rings. The first-order valence-electron chi connectivity index (χ1n) is 5.20. The Morgan fingerprint density at radius 2 is 2.44 bits per heavy atom. The van der Waals surface area contributed by atoms with Crippen LogP contribution in [0.15, 0.2) is 18.2 Å². The summed E-state index contributed by atoms with van der Waals surface area (Å²) in [5, 5.41) is 4.31. The number of hydrogen-bond acceptors (Lipinski definition) is 4. The number of ether oxygens (including phenoxy) is 1. The van der Waals surface area contributed by atoms with Crippen molar-refractivity contribution in [1.82, 2.24) is 10.3 Å². The quantitative estimate of drug-likeness (QED) is 0.826. The van der Waals surface area contributed by atoms with Gasteiger partial charge in [0, 0.05) is 6.54 Å². The SMILES string of the molecule is Fc1ccc2nc(C3COCCN3)sc2c1. The van der Waals surface area contributed by atoms with Gasteiger partial charge in [0.25, 0.3) is 0 Å². The van der Waals surface area contributed by atoms with Crippen molar-refractivity contribution in [3.8, 4) is 0 Å². The topological polar surface area (TPSA) is 34.1 Å². The Hall–Kier alpha value is -1.04. The van der Waals surface area contributed by atoms with Gasteiger partial charge < -0.3 is 10.1 Å². The molecule has 0 aliphatic carbocycles. The number of halogens is 1. The number of benzene rings is 1. The van der Waals surface area contributed by atoms with Gasteiger partial charge in [-0.2, -0.15) is 0 Å². The Morgan fingerprint density at radius 1 is 1.50 bits per heavy atom. The molecule has 5 heteroatoms. The van der Waals surface area contributed by atoms with E-state index in [2.05, 4.69) is 10.3 Å². The van der Waals surface area contributed by atoms with Crippen molar-refractivity contribution in [3.05, 3.63) is 29.0 Å². The molecule has 1 aromatic carbocycles. The van der Waals surface area contributed by atoms with Crippen LogP contribution in [0.3, 0.4) is 0 Å². The van der Waals surface area contributed by atoms with E-state index in [1.807, 2.05) is 0 Å². The van der Waals surface area contributed by atoms with Gasteiger partial charge in [-0.15, -0.1) is 11.3 Å². The monoisotopic (exact) mass is 238 g/mol. The van der Waals surface area contributed by atoms with Crippen LogP contribution >= 0.6 is 11.3 Å². The molecule has 84 valence electrons. The van der Waals surface area contributed by atoms with Gasteiger partial charge in [-0.05, 0) is 18.2 Å².